The molecule has 1 heterocycles. The van der Waals surface area contributed by atoms with Crippen molar-refractivity contribution < 1.29 is 0 Å². The van der Waals surface area contributed by atoms with Crippen molar-refractivity contribution in [2.24, 2.45) is 0 Å². The first-order valence-electron chi connectivity index (χ1n) is 5.22. The van der Waals surface area contributed by atoms with E-state index in [0.29, 0.717) is 0 Å². The number of hydrogen-bond donors (Lipinski definition) is 0. The maximum absolute atomic E-state index is 3.95. The molecule has 0 aliphatic heterocycles. The van der Waals surface area contributed by atoms with Gasteiger partial charge in [0.1, 0.15) is 0 Å². The van der Waals surface area contributed by atoms with E-state index in [4.69, 9.17) is 0 Å². The van der Waals surface area contributed by atoms with Gasteiger partial charge in [-0.3, -0.25) is 0 Å². The molecule has 0 N–H and O–H groups in total. The molecule has 0 fully saturated rings. The largest absolute Gasteiger partial charge is 0.220 e. The number of benzene rings is 1. The molecule has 2 aromatic rings. The lowest BCUT2D eigenvalue weighted by Crippen LogP contribution is -1.93. The molecule has 0 unspecified atom stereocenters. The molecule has 0 radical (unpaired) electrons. The standard InChI is InChI=1S/C9H9N3.C3H8/c1-8-7-12(11-10-8)9-5-3-2-4-6-9;1-3-2/h2-7H,1H3;3H2,1-2H3. The number of aromatic nitrogens is 3. The highest BCUT2D eigenvalue weighted by molar-refractivity contribution is 5.29. The highest BCUT2D eigenvalue weighted by atomic mass is 15.4. The van der Waals surface area contributed by atoms with Crippen molar-refractivity contribution >= 4 is 0 Å². The quantitative estimate of drug-likeness (QED) is 0.713. The number of rotatable bonds is 1. The third kappa shape index (κ3) is 3.54. The normalized spacial score (nSPS) is 9.27. The first-order valence-corrected chi connectivity index (χ1v) is 5.22. The zero-order valence-corrected chi connectivity index (χ0v) is 9.51. The highest BCUT2D eigenvalue weighted by Gasteiger charge is 1.96. The van der Waals surface area contributed by atoms with Crippen molar-refractivity contribution in [1.82, 2.24) is 15.0 Å². The van der Waals surface area contributed by atoms with Crippen LogP contribution in [0.25, 0.3) is 5.69 Å². The lowest BCUT2D eigenvalue weighted by molar-refractivity contribution is 0.801. The number of para-hydroxylation sites is 1. The van der Waals surface area contributed by atoms with Gasteiger partial charge in [-0.15, -0.1) is 5.10 Å². The summed E-state index contributed by atoms with van der Waals surface area (Å²) in [7, 11) is 0. The number of aryl methyl sites for hydroxylation is 1. The van der Waals surface area contributed by atoms with Crippen molar-refractivity contribution in [3.05, 3.63) is 42.2 Å². The van der Waals surface area contributed by atoms with Crippen LogP contribution in [-0.4, -0.2) is 15.0 Å². The Labute approximate surface area is 90.7 Å². The van der Waals surface area contributed by atoms with Gasteiger partial charge in [0.2, 0.25) is 0 Å². The first-order chi connectivity index (χ1) is 7.27. The number of nitrogens with zero attached hydrogens (tertiary/aromatic N) is 3. The molecule has 0 aliphatic carbocycles. The smallest absolute Gasteiger partial charge is 0.0800 e. The van der Waals surface area contributed by atoms with Gasteiger partial charge in [0.25, 0.3) is 0 Å². The topological polar surface area (TPSA) is 30.7 Å². The minimum Gasteiger partial charge on any atom is -0.220 e. The van der Waals surface area contributed by atoms with Gasteiger partial charge in [-0.05, 0) is 19.1 Å². The second-order valence-electron chi connectivity index (χ2n) is 3.35. The van der Waals surface area contributed by atoms with Crippen LogP contribution in [0, 0.1) is 6.92 Å². The zero-order valence-electron chi connectivity index (χ0n) is 9.51. The van der Waals surface area contributed by atoms with Crippen molar-refractivity contribution in [3.8, 4) is 5.69 Å². The summed E-state index contributed by atoms with van der Waals surface area (Å²) in [5.74, 6) is 0. The highest BCUT2D eigenvalue weighted by Crippen LogP contribution is 2.04. The molecule has 0 saturated carbocycles. The van der Waals surface area contributed by atoms with Crippen molar-refractivity contribution in [2.45, 2.75) is 27.2 Å². The average molecular weight is 203 g/mol. The Bertz CT molecular complexity index is 379. The molecule has 0 aliphatic rings. The van der Waals surface area contributed by atoms with Crippen LogP contribution in [-0.2, 0) is 0 Å². The van der Waals surface area contributed by atoms with E-state index in [1.165, 1.54) is 6.42 Å². The first kappa shape index (κ1) is 11.4. The van der Waals surface area contributed by atoms with Crippen LogP contribution in [0.1, 0.15) is 26.0 Å². The SMILES string of the molecule is CCC.Cc1cn(-c2ccccc2)nn1. The van der Waals surface area contributed by atoms with E-state index < -0.39 is 0 Å². The molecule has 1 aromatic heterocycles. The Morgan fingerprint density at radius 2 is 1.73 bits per heavy atom. The lowest BCUT2D eigenvalue weighted by Gasteiger charge is -1.96. The molecule has 80 valence electrons. The zero-order chi connectivity index (χ0) is 11.1. The van der Waals surface area contributed by atoms with Gasteiger partial charge in [0, 0.05) is 0 Å². The van der Waals surface area contributed by atoms with Crippen LogP contribution in [0.2, 0.25) is 0 Å². The Kier molecular flexibility index (Phi) is 4.54. The summed E-state index contributed by atoms with van der Waals surface area (Å²) in [5.41, 5.74) is 1.97. The third-order valence-corrected chi connectivity index (χ3v) is 1.63. The van der Waals surface area contributed by atoms with Crippen molar-refractivity contribution in [1.29, 1.82) is 0 Å². The monoisotopic (exact) mass is 203 g/mol. The summed E-state index contributed by atoms with van der Waals surface area (Å²) < 4.78 is 1.76. The van der Waals surface area contributed by atoms with Crippen LogP contribution in [0.15, 0.2) is 36.5 Å². The molecule has 0 bridgehead atoms. The van der Waals surface area contributed by atoms with E-state index in [2.05, 4.69) is 24.2 Å². The molecule has 0 spiro atoms. The van der Waals surface area contributed by atoms with Crippen molar-refractivity contribution in [3.63, 3.8) is 0 Å². The molecule has 0 saturated heterocycles. The van der Waals surface area contributed by atoms with Gasteiger partial charge in [-0.1, -0.05) is 43.7 Å². The summed E-state index contributed by atoms with van der Waals surface area (Å²) in [6, 6.07) is 9.92. The Morgan fingerprint density at radius 1 is 1.13 bits per heavy atom. The van der Waals surface area contributed by atoms with Crippen LogP contribution in [0.4, 0.5) is 0 Å². The van der Waals surface area contributed by atoms with Gasteiger partial charge in [-0.25, -0.2) is 4.68 Å². The van der Waals surface area contributed by atoms with E-state index in [1.54, 1.807) is 4.68 Å². The van der Waals surface area contributed by atoms with Crippen LogP contribution >= 0.6 is 0 Å². The lowest BCUT2D eigenvalue weighted by atomic mass is 10.3. The van der Waals surface area contributed by atoms with Gasteiger partial charge in [0.15, 0.2) is 0 Å². The van der Waals surface area contributed by atoms with E-state index in [9.17, 15) is 0 Å². The second kappa shape index (κ2) is 5.96. The molecule has 3 heteroatoms. The van der Waals surface area contributed by atoms with E-state index >= 15 is 0 Å². The fourth-order valence-corrected chi connectivity index (χ4v) is 1.05. The van der Waals surface area contributed by atoms with Gasteiger partial charge >= 0.3 is 0 Å². The second-order valence-corrected chi connectivity index (χ2v) is 3.35. The van der Waals surface area contributed by atoms with Gasteiger partial charge < -0.3 is 0 Å². The van der Waals surface area contributed by atoms with E-state index in [0.717, 1.165) is 11.4 Å². The van der Waals surface area contributed by atoms with E-state index in [1.807, 2.05) is 43.5 Å². The molecule has 0 atom stereocenters. The Hall–Kier alpha value is -1.64. The summed E-state index contributed by atoms with van der Waals surface area (Å²) in [6.45, 7) is 6.17. The molecular formula is C12H17N3. The minimum absolute atomic E-state index is 0.929. The predicted octanol–water partition coefficient (Wildman–Crippen LogP) is 2.99. The number of hydrogen-bond acceptors (Lipinski definition) is 2. The Balaban J connectivity index is 0.000000337. The summed E-state index contributed by atoms with van der Waals surface area (Å²) >= 11 is 0. The maximum atomic E-state index is 3.95. The molecular weight excluding hydrogens is 186 g/mol. The summed E-state index contributed by atoms with van der Waals surface area (Å²) in [4.78, 5) is 0. The predicted molar refractivity (Wildman–Crippen MR) is 62.1 cm³/mol. The molecule has 1 aromatic carbocycles. The van der Waals surface area contributed by atoms with Crippen LogP contribution in [0.3, 0.4) is 0 Å². The maximum Gasteiger partial charge on any atom is 0.0800 e. The van der Waals surface area contributed by atoms with Crippen LogP contribution < -0.4 is 0 Å². The minimum atomic E-state index is 0.929. The fraction of sp³-hybridized carbons (Fsp3) is 0.333. The van der Waals surface area contributed by atoms with Gasteiger partial charge in [0.05, 0.1) is 17.6 Å². The molecule has 15 heavy (non-hydrogen) atoms. The Morgan fingerprint density at radius 3 is 2.20 bits per heavy atom. The van der Waals surface area contributed by atoms with Crippen molar-refractivity contribution in [2.75, 3.05) is 0 Å². The summed E-state index contributed by atoms with van der Waals surface area (Å²) in [6.07, 6.45) is 3.15. The van der Waals surface area contributed by atoms with Gasteiger partial charge in [-0.2, -0.15) is 0 Å². The summed E-state index contributed by atoms with van der Waals surface area (Å²) in [5, 5.41) is 7.86. The van der Waals surface area contributed by atoms with Crippen LogP contribution in [0.5, 0.6) is 0 Å². The third-order valence-electron chi connectivity index (χ3n) is 1.63. The fourth-order valence-electron chi connectivity index (χ4n) is 1.05. The molecule has 2 rings (SSSR count). The average Bonchev–Trinajstić information content (AvgIpc) is 2.67. The molecule has 0 amide bonds. The van der Waals surface area contributed by atoms with E-state index in [-0.39, 0.29) is 0 Å². The molecule has 3 nitrogen and oxygen atoms in total.